The van der Waals surface area contributed by atoms with Crippen LogP contribution < -0.4 is 0 Å². The maximum absolute atomic E-state index is 13.3. The van der Waals surface area contributed by atoms with Gasteiger partial charge in [-0.25, -0.2) is 0 Å². The number of carbonyl (C=O) groups is 2. The van der Waals surface area contributed by atoms with E-state index in [0.717, 1.165) is 50.8 Å². The Hall–Kier alpha value is -3.46. The van der Waals surface area contributed by atoms with E-state index in [1.54, 1.807) is 18.2 Å². The molecular weight excluding hydrogens is 462 g/mol. The summed E-state index contributed by atoms with van der Waals surface area (Å²) in [6.07, 6.45) is 3.16. The standard InChI is InChI=1S/C26H29N5O3S/c1-16-7-8-20(24(32)29(3)15-19-6-5-13-34-19)23(27-16)18-9-11-31(12-10-18)25(33)22-14-21-17(2)28-30(4)26(21)35-22/h5-8,13-14,18H,9-12,15H2,1-4H3. The molecule has 5 rings (SSSR count). The third kappa shape index (κ3) is 4.48. The highest BCUT2D eigenvalue weighted by molar-refractivity contribution is 7.20. The number of likely N-dealkylation sites (tertiary alicyclic amines) is 1. The summed E-state index contributed by atoms with van der Waals surface area (Å²) in [5.41, 5.74) is 3.29. The minimum atomic E-state index is -0.0725. The second-order valence-electron chi connectivity index (χ2n) is 9.23. The lowest BCUT2D eigenvalue weighted by Gasteiger charge is -2.32. The Morgan fingerprint density at radius 2 is 1.97 bits per heavy atom. The highest BCUT2D eigenvalue weighted by Crippen LogP contribution is 2.33. The Labute approximate surface area is 208 Å². The molecule has 35 heavy (non-hydrogen) atoms. The fraction of sp³-hybridized carbons (Fsp3) is 0.385. The van der Waals surface area contributed by atoms with Crippen LogP contribution in [0, 0.1) is 13.8 Å². The number of thiophene rings is 1. The molecule has 1 aliphatic heterocycles. The summed E-state index contributed by atoms with van der Waals surface area (Å²) < 4.78 is 7.24. The molecular formula is C26H29N5O3S. The van der Waals surface area contributed by atoms with Crippen molar-refractivity contribution >= 4 is 33.4 Å². The van der Waals surface area contributed by atoms with E-state index in [0.29, 0.717) is 25.2 Å². The van der Waals surface area contributed by atoms with E-state index >= 15 is 0 Å². The molecule has 0 aliphatic carbocycles. The van der Waals surface area contributed by atoms with Crippen LogP contribution >= 0.6 is 11.3 Å². The lowest BCUT2D eigenvalue weighted by atomic mass is 9.89. The Bertz CT molecular complexity index is 1350. The minimum absolute atomic E-state index is 0.0655. The van der Waals surface area contributed by atoms with Gasteiger partial charge in [0.2, 0.25) is 0 Å². The van der Waals surface area contributed by atoms with Crippen LogP contribution in [0.1, 0.15) is 61.6 Å². The van der Waals surface area contributed by atoms with Crippen LogP contribution in [0.25, 0.3) is 10.2 Å². The molecule has 0 spiro atoms. The van der Waals surface area contributed by atoms with Crippen LogP contribution in [0.5, 0.6) is 0 Å². The highest BCUT2D eigenvalue weighted by Gasteiger charge is 2.30. The summed E-state index contributed by atoms with van der Waals surface area (Å²) in [6, 6.07) is 9.40. The summed E-state index contributed by atoms with van der Waals surface area (Å²) in [5, 5.41) is 5.47. The topological polar surface area (TPSA) is 84.5 Å². The Morgan fingerprint density at radius 1 is 1.20 bits per heavy atom. The van der Waals surface area contributed by atoms with Crippen molar-refractivity contribution in [2.75, 3.05) is 20.1 Å². The lowest BCUT2D eigenvalue weighted by Crippen LogP contribution is -2.38. The molecule has 0 aromatic carbocycles. The van der Waals surface area contributed by atoms with Gasteiger partial charge in [-0.15, -0.1) is 11.3 Å². The third-order valence-corrected chi connectivity index (χ3v) is 7.88. The van der Waals surface area contributed by atoms with Gasteiger partial charge >= 0.3 is 0 Å². The molecule has 5 heterocycles. The summed E-state index contributed by atoms with van der Waals surface area (Å²) in [6.45, 7) is 5.59. The van der Waals surface area contributed by atoms with Gasteiger partial charge in [0.1, 0.15) is 10.6 Å². The molecule has 0 unspecified atom stereocenters. The van der Waals surface area contributed by atoms with Gasteiger partial charge in [-0.1, -0.05) is 0 Å². The van der Waals surface area contributed by atoms with Gasteiger partial charge in [0.15, 0.2) is 0 Å². The van der Waals surface area contributed by atoms with Crippen LogP contribution in [-0.4, -0.2) is 56.5 Å². The molecule has 1 aliphatic rings. The fourth-order valence-corrected chi connectivity index (χ4v) is 5.90. The number of furan rings is 1. The number of carbonyl (C=O) groups excluding carboxylic acids is 2. The third-order valence-electron chi connectivity index (χ3n) is 6.69. The van der Waals surface area contributed by atoms with Crippen molar-refractivity contribution in [3.63, 3.8) is 0 Å². The number of amides is 2. The quantitative estimate of drug-likeness (QED) is 0.409. The number of aryl methyl sites for hydroxylation is 3. The van der Waals surface area contributed by atoms with E-state index in [2.05, 4.69) is 5.10 Å². The number of piperidine rings is 1. The number of hydrogen-bond acceptors (Lipinski definition) is 6. The molecule has 2 amide bonds. The molecule has 182 valence electrons. The van der Waals surface area contributed by atoms with Crippen molar-refractivity contribution in [3.05, 3.63) is 69.9 Å². The average molecular weight is 492 g/mol. The molecule has 0 radical (unpaired) electrons. The zero-order chi connectivity index (χ0) is 24.7. The van der Waals surface area contributed by atoms with Crippen LogP contribution in [0.3, 0.4) is 0 Å². The van der Waals surface area contributed by atoms with E-state index in [1.165, 1.54) is 11.3 Å². The van der Waals surface area contributed by atoms with Crippen molar-refractivity contribution < 1.29 is 14.0 Å². The average Bonchev–Trinajstić information content (AvgIpc) is 3.58. The number of fused-ring (bicyclic) bond motifs is 1. The van der Waals surface area contributed by atoms with E-state index in [1.807, 2.05) is 60.8 Å². The van der Waals surface area contributed by atoms with E-state index in [9.17, 15) is 9.59 Å². The number of nitrogens with zero attached hydrogens (tertiary/aromatic N) is 5. The van der Waals surface area contributed by atoms with Crippen LogP contribution in [0.2, 0.25) is 0 Å². The van der Waals surface area contributed by atoms with Gasteiger partial charge in [-0.3, -0.25) is 19.3 Å². The van der Waals surface area contributed by atoms with E-state index < -0.39 is 0 Å². The normalized spacial score (nSPS) is 14.6. The molecule has 1 fully saturated rings. The molecule has 8 nitrogen and oxygen atoms in total. The first-order valence-corrected chi connectivity index (χ1v) is 12.6. The second-order valence-corrected chi connectivity index (χ2v) is 10.3. The van der Waals surface area contributed by atoms with Gasteiger partial charge < -0.3 is 14.2 Å². The first-order chi connectivity index (χ1) is 16.8. The molecule has 9 heteroatoms. The summed E-state index contributed by atoms with van der Waals surface area (Å²) in [7, 11) is 3.68. The van der Waals surface area contributed by atoms with Crippen molar-refractivity contribution in [3.8, 4) is 0 Å². The number of hydrogen-bond donors (Lipinski definition) is 0. The maximum atomic E-state index is 13.3. The predicted octanol–water partition coefficient (Wildman–Crippen LogP) is 4.53. The number of aromatic nitrogens is 3. The van der Waals surface area contributed by atoms with Crippen molar-refractivity contribution in [1.29, 1.82) is 0 Å². The Kier molecular flexibility index (Phi) is 6.19. The zero-order valence-corrected chi connectivity index (χ0v) is 21.3. The zero-order valence-electron chi connectivity index (χ0n) is 20.4. The summed E-state index contributed by atoms with van der Waals surface area (Å²) >= 11 is 1.50. The summed E-state index contributed by atoms with van der Waals surface area (Å²) in [4.78, 5) is 36.6. The SMILES string of the molecule is Cc1ccc(C(=O)N(C)Cc2ccco2)c(C2CCN(C(=O)c3cc4c(C)nn(C)c4s3)CC2)n1. The van der Waals surface area contributed by atoms with Crippen molar-refractivity contribution in [2.45, 2.75) is 39.2 Å². The van der Waals surface area contributed by atoms with Crippen molar-refractivity contribution in [1.82, 2.24) is 24.6 Å². The van der Waals surface area contributed by atoms with Gasteiger partial charge in [-0.05, 0) is 57.0 Å². The first-order valence-electron chi connectivity index (χ1n) is 11.8. The molecule has 0 saturated carbocycles. The van der Waals surface area contributed by atoms with E-state index in [-0.39, 0.29) is 17.7 Å². The first kappa shape index (κ1) is 23.3. The van der Waals surface area contributed by atoms with Crippen molar-refractivity contribution in [2.24, 2.45) is 7.05 Å². The van der Waals surface area contributed by atoms with Crippen LogP contribution in [0.15, 0.2) is 41.0 Å². The van der Waals surface area contributed by atoms with Crippen LogP contribution in [-0.2, 0) is 13.6 Å². The second kappa shape index (κ2) is 9.30. The lowest BCUT2D eigenvalue weighted by molar-refractivity contribution is 0.0710. The molecule has 0 atom stereocenters. The molecule has 0 N–H and O–H groups in total. The molecule has 4 aromatic heterocycles. The largest absolute Gasteiger partial charge is 0.467 e. The molecule has 0 bridgehead atoms. The molecule has 4 aromatic rings. The van der Waals surface area contributed by atoms with E-state index in [4.69, 9.17) is 9.40 Å². The molecule has 1 saturated heterocycles. The van der Waals surface area contributed by atoms with Gasteiger partial charge in [0.25, 0.3) is 11.8 Å². The van der Waals surface area contributed by atoms with Crippen LogP contribution in [0.4, 0.5) is 0 Å². The highest BCUT2D eigenvalue weighted by atomic mass is 32.1. The number of pyridine rings is 1. The minimum Gasteiger partial charge on any atom is -0.467 e. The maximum Gasteiger partial charge on any atom is 0.264 e. The number of rotatable bonds is 5. The monoisotopic (exact) mass is 491 g/mol. The summed E-state index contributed by atoms with van der Waals surface area (Å²) in [5.74, 6) is 0.859. The predicted molar refractivity (Wildman–Crippen MR) is 135 cm³/mol. The van der Waals surface area contributed by atoms with Gasteiger partial charge in [-0.2, -0.15) is 5.10 Å². The fourth-order valence-electron chi connectivity index (χ4n) is 4.81. The Balaban J connectivity index is 1.30. The Morgan fingerprint density at radius 3 is 2.66 bits per heavy atom. The van der Waals surface area contributed by atoms with Gasteiger partial charge in [0, 0.05) is 44.2 Å². The smallest absolute Gasteiger partial charge is 0.264 e. The van der Waals surface area contributed by atoms with Gasteiger partial charge in [0.05, 0.1) is 34.6 Å².